The van der Waals surface area contributed by atoms with Crippen molar-refractivity contribution in [1.29, 1.82) is 0 Å². The number of aromatic nitrogens is 3. The van der Waals surface area contributed by atoms with Crippen LogP contribution >= 0.6 is 23.8 Å². The number of aryl methyl sites for hydroxylation is 1. The van der Waals surface area contributed by atoms with E-state index in [1.54, 1.807) is 4.90 Å². The molecule has 2 heterocycles. The zero-order chi connectivity index (χ0) is 19.0. The molecule has 0 radical (unpaired) electrons. The summed E-state index contributed by atoms with van der Waals surface area (Å²) in [5.41, 5.74) is 2.77. The van der Waals surface area contributed by atoms with E-state index in [1.165, 1.54) is 4.68 Å². The SMILES string of the molecule is CCc1n[nH]c(=S)n1N=C1C(=O)N(Cc2ccccc2Cl)c2ccccc21. The Kier molecular flexibility index (Phi) is 4.63. The van der Waals surface area contributed by atoms with Gasteiger partial charge in [-0.2, -0.15) is 14.9 Å². The topological polar surface area (TPSA) is 66.3 Å². The van der Waals surface area contributed by atoms with Crippen molar-refractivity contribution in [3.05, 3.63) is 75.3 Å². The predicted octanol–water partition coefficient (Wildman–Crippen LogP) is 3.96. The summed E-state index contributed by atoms with van der Waals surface area (Å²) >= 11 is 11.5. The summed E-state index contributed by atoms with van der Waals surface area (Å²) in [6.07, 6.45) is 0.642. The van der Waals surface area contributed by atoms with Gasteiger partial charge in [0.1, 0.15) is 0 Å². The van der Waals surface area contributed by atoms with Gasteiger partial charge >= 0.3 is 0 Å². The van der Waals surface area contributed by atoms with Gasteiger partial charge in [-0.1, -0.05) is 54.9 Å². The number of fused-ring (bicyclic) bond motifs is 1. The van der Waals surface area contributed by atoms with Crippen LogP contribution in [0.2, 0.25) is 5.02 Å². The van der Waals surface area contributed by atoms with Gasteiger partial charge in [0.05, 0.1) is 12.2 Å². The van der Waals surface area contributed by atoms with Crippen molar-refractivity contribution in [2.24, 2.45) is 5.10 Å². The van der Waals surface area contributed by atoms with E-state index in [4.69, 9.17) is 23.8 Å². The number of aromatic amines is 1. The lowest BCUT2D eigenvalue weighted by Crippen LogP contribution is -2.30. The summed E-state index contributed by atoms with van der Waals surface area (Å²) in [6, 6.07) is 15.1. The number of anilines is 1. The molecule has 4 rings (SSSR count). The first-order valence-electron chi connectivity index (χ1n) is 8.50. The molecule has 1 N–H and O–H groups in total. The minimum atomic E-state index is -0.193. The number of hydrogen-bond acceptors (Lipinski definition) is 4. The second-order valence-corrected chi connectivity index (χ2v) is 6.85. The number of halogens is 1. The van der Waals surface area contributed by atoms with Gasteiger partial charge in [0.2, 0.25) is 4.77 Å². The first-order chi connectivity index (χ1) is 13.1. The Balaban J connectivity index is 1.81. The zero-order valence-corrected chi connectivity index (χ0v) is 16.1. The van der Waals surface area contributed by atoms with Gasteiger partial charge in [0.25, 0.3) is 5.91 Å². The maximum atomic E-state index is 13.2. The Bertz CT molecular complexity index is 1120. The number of H-pyrrole nitrogens is 1. The molecule has 6 nitrogen and oxygen atoms in total. The third kappa shape index (κ3) is 3.09. The van der Waals surface area contributed by atoms with Crippen molar-refractivity contribution < 1.29 is 4.79 Å². The highest BCUT2D eigenvalue weighted by Gasteiger charge is 2.34. The number of nitrogens with zero attached hydrogens (tertiary/aromatic N) is 4. The molecule has 1 aliphatic heterocycles. The molecule has 8 heteroatoms. The number of carbonyl (C=O) groups excluding carboxylic acids is 1. The first-order valence-corrected chi connectivity index (χ1v) is 9.28. The lowest BCUT2D eigenvalue weighted by molar-refractivity contribution is -0.112. The quantitative estimate of drug-likeness (QED) is 0.678. The van der Waals surface area contributed by atoms with E-state index in [1.807, 2.05) is 55.5 Å². The second kappa shape index (κ2) is 7.09. The van der Waals surface area contributed by atoms with E-state index in [9.17, 15) is 4.79 Å². The highest BCUT2D eigenvalue weighted by Crippen LogP contribution is 2.32. The molecular formula is C19H16ClN5OS. The van der Waals surface area contributed by atoms with Crippen molar-refractivity contribution in [2.45, 2.75) is 19.9 Å². The number of carbonyl (C=O) groups is 1. The van der Waals surface area contributed by atoms with Crippen LogP contribution in [0.1, 0.15) is 23.9 Å². The van der Waals surface area contributed by atoms with E-state index in [-0.39, 0.29) is 5.91 Å². The monoisotopic (exact) mass is 397 g/mol. The summed E-state index contributed by atoms with van der Waals surface area (Å²) in [6.45, 7) is 2.32. The largest absolute Gasteiger partial charge is 0.302 e. The molecule has 0 bridgehead atoms. The van der Waals surface area contributed by atoms with E-state index in [0.29, 0.717) is 34.3 Å². The lowest BCUT2D eigenvalue weighted by Gasteiger charge is -2.17. The van der Waals surface area contributed by atoms with Gasteiger partial charge in [0.15, 0.2) is 11.5 Å². The number of hydrogen-bond donors (Lipinski definition) is 1. The average Bonchev–Trinajstić information content (AvgIpc) is 3.16. The van der Waals surface area contributed by atoms with Gasteiger partial charge < -0.3 is 4.90 Å². The zero-order valence-electron chi connectivity index (χ0n) is 14.5. The summed E-state index contributed by atoms with van der Waals surface area (Å²) in [4.78, 5) is 14.9. The van der Waals surface area contributed by atoms with Crippen LogP contribution in [0.15, 0.2) is 53.6 Å². The average molecular weight is 398 g/mol. The minimum Gasteiger partial charge on any atom is -0.302 e. The number of para-hydroxylation sites is 1. The van der Waals surface area contributed by atoms with Crippen molar-refractivity contribution in [3.8, 4) is 0 Å². The maximum Gasteiger partial charge on any atom is 0.279 e. The van der Waals surface area contributed by atoms with Crippen LogP contribution in [-0.2, 0) is 17.8 Å². The highest BCUT2D eigenvalue weighted by atomic mass is 35.5. The Hall–Kier alpha value is -2.77. The standard InChI is InChI=1S/C19H16ClN5OS/c1-2-16-21-22-19(27)25(16)23-17-13-8-4-6-10-15(13)24(18(17)26)11-12-7-3-5-9-14(12)20/h3-10H,2,11H2,1H3,(H,22,27). The summed E-state index contributed by atoms with van der Waals surface area (Å²) in [7, 11) is 0. The molecule has 136 valence electrons. The van der Waals surface area contributed by atoms with Gasteiger partial charge in [-0.05, 0) is 29.9 Å². The third-order valence-electron chi connectivity index (χ3n) is 4.42. The van der Waals surface area contributed by atoms with Crippen molar-refractivity contribution in [1.82, 2.24) is 14.9 Å². The Morgan fingerprint density at radius 1 is 1.19 bits per heavy atom. The molecule has 1 aliphatic rings. The predicted molar refractivity (Wildman–Crippen MR) is 108 cm³/mol. The van der Waals surface area contributed by atoms with Gasteiger partial charge in [-0.15, -0.1) is 0 Å². The number of amides is 1. The van der Waals surface area contributed by atoms with E-state index >= 15 is 0 Å². The van der Waals surface area contributed by atoms with Crippen LogP contribution < -0.4 is 4.90 Å². The molecule has 2 aromatic carbocycles. The number of rotatable bonds is 4. The molecule has 3 aromatic rings. The van der Waals surface area contributed by atoms with E-state index in [2.05, 4.69) is 15.3 Å². The lowest BCUT2D eigenvalue weighted by atomic mass is 10.1. The fourth-order valence-corrected chi connectivity index (χ4v) is 3.46. The molecule has 0 atom stereocenters. The molecule has 0 saturated heterocycles. The fraction of sp³-hybridized carbons (Fsp3) is 0.158. The molecule has 1 amide bonds. The molecular weight excluding hydrogens is 382 g/mol. The number of nitrogens with one attached hydrogen (secondary N) is 1. The summed E-state index contributed by atoms with van der Waals surface area (Å²) < 4.78 is 1.87. The first kappa shape index (κ1) is 17.6. The van der Waals surface area contributed by atoms with Crippen LogP contribution in [0.5, 0.6) is 0 Å². The summed E-state index contributed by atoms with van der Waals surface area (Å²) in [5.74, 6) is 0.476. The van der Waals surface area contributed by atoms with Crippen molar-refractivity contribution in [2.75, 3.05) is 4.90 Å². The molecule has 0 saturated carbocycles. The van der Waals surface area contributed by atoms with Gasteiger partial charge in [-0.25, -0.2) is 0 Å². The summed E-state index contributed by atoms with van der Waals surface area (Å²) in [5, 5.41) is 12.0. The smallest absolute Gasteiger partial charge is 0.279 e. The van der Waals surface area contributed by atoms with Crippen LogP contribution in [0.3, 0.4) is 0 Å². The van der Waals surface area contributed by atoms with Crippen molar-refractivity contribution >= 4 is 41.1 Å². The van der Waals surface area contributed by atoms with Crippen LogP contribution in [-0.4, -0.2) is 26.5 Å². The Labute approximate surface area is 166 Å². The molecule has 0 aliphatic carbocycles. The van der Waals surface area contributed by atoms with Gasteiger partial charge in [-0.3, -0.25) is 9.89 Å². The third-order valence-corrected chi connectivity index (χ3v) is 5.05. The molecule has 0 spiro atoms. The van der Waals surface area contributed by atoms with Crippen LogP contribution in [0.4, 0.5) is 5.69 Å². The number of benzene rings is 2. The molecule has 0 unspecified atom stereocenters. The van der Waals surface area contributed by atoms with E-state index in [0.717, 1.165) is 16.8 Å². The minimum absolute atomic E-state index is 0.193. The van der Waals surface area contributed by atoms with E-state index < -0.39 is 0 Å². The van der Waals surface area contributed by atoms with Gasteiger partial charge in [0, 0.05) is 17.0 Å². The maximum absolute atomic E-state index is 13.2. The normalized spacial score (nSPS) is 14.8. The second-order valence-electron chi connectivity index (χ2n) is 6.06. The van der Waals surface area contributed by atoms with Crippen molar-refractivity contribution in [3.63, 3.8) is 0 Å². The fourth-order valence-electron chi connectivity index (χ4n) is 3.07. The molecule has 1 aromatic heterocycles. The van der Waals surface area contributed by atoms with Crippen LogP contribution in [0, 0.1) is 4.77 Å². The molecule has 0 fully saturated rings. The Morgan fingerprint density at radius 2 is 1.93 bits per heavy atom. The Morgan fingerprint density at radius 3 is 2.70 bits per heavy atom. The molecule has 27 heavy (non-hydrogen) atoms. The van der Waals surface area contributed by atoms with Crippen LogP contribution in [0.25, 0.3) is 0 Å². The highest BCUT2D eigenvalue weighted by molar-refractivity contribution is 7.71.